The molecule has 0 aliphatic carbocycles. The first-order valence-electron chi connectivity index (χ1n) is 5.35. The van der Waals surface area contributed by atoms with E-state index in [0.717, 1.165) is 12.2 Å². The summed E-state index contributed by atoms with van der Waals surface area (Å²) in [5, 5.41) is 0. The molecule has 1 aromatic rings. The third-order valence-electron chi connectivity index (χ3n) is 2.25. The number of allylic oxidation sites excluding steroid dienone is 5. The van der Waals surface area contributed by atoms with Crippen LogP contribution in [-0.2, 0) is 6.42 Å². The number of benzene rings is 1. The number of methoxy groups -OCH3 is 1. The van der Waals surface area contributed by atoms with E-state index >= 15 is 0 Å². The van der Waals surface area contributed by atoms with Gasteiger partial charge in [0.1, 0.15) is 5.75 Å². The van der Waals surface area contributed by atoms with Crippen molar-refractivity contribution in [1.29, 1.82) is 0 Å². The maximum Gasteiger partial charge on any atom is 0.119 e. The number of hydrogen-bond donors (Lipinski definition) is 0. The minimum absolute atomic E-state index is 0.907. The summed E-state index contributed by atoms with van der Waals surface area (Å²) in [6.07, 6.45) is 8.94. The molecule has 0 spiro atoms. The molecule has 0 aliphatic heterocycles. The average molecular weight is 214 g/mol. The summed E-state index contributed by atoms with van der Waals surface area (Å²) in [5.41, 5.74) is 2.46. The van der Waals surface area contributed by atoms with Crippen LogP contribution in [0.15, 0.2) is 60.7 Å². The van der Waals surface area contributed by atoms with E-state index in [-0.39, 0.29) is 0 Å². The molecule has 16 heavy (non-hydrogen) atoms. The monoisotopic (exact) mass is 214 g/mol. The Morgan fingerprint density at radius 1 is 1.44 bits per heavy atom. The summed E-state index contributed by atoms with van der Waals surface area (Å²) in [4.78, 5) is 0. The molecule has 1 nitrogen and oxygen atoms in total. The van der Waals surface area contributed by atoms with Crippen LogP contribution in [0.5, 0.6) is 5.75 Å². The molecule has 0 saturated heterocycles. The normalized spacial score (nSPS) is 11.8. The third kappa shape index (κ3) is 4.18. The summed E-state index contributed by atoms with van der Waals surface area (Å²) in [5.74, 6) is 0.907. The lowest BCUT2D eigenvalue weighted by Crippen LogP contribution is -1.85. The molecule has 0 atom stereocenters. The molecule has 0 bridgehead atoms. The van der Waals surface area contributed by atoms with Crippen molar-refractivity contribution in [3.05, 3.63) is 66.3 Å². The quantitative estimate of drug-likeness (QED) is 0.675. The number of rotatable bonds is 5. The summed E-state index contributed by atoms with van der Waals surface area (Å²) < 4.78 is 5.17. The highest BCUT2D eigenvalue weighted by Gasteiger charge is 1.92. The molecule has 0 aromatic heterocycles. The van der Waals surface area contributed by atoms with Gasteiger partial charge in [0, 0.05) is 0 Å². The van der Waals surface area contributed by atoms with E-state index in [1.54, 1.807) is 13.2 Å². The highest BCUT2D eigenvalue weighted by atomic mass is 16.5. The van der Waals surface area contributed by atoms with Crippen molar-refractivity contribution in [2.45, 2.75) is 13.3 Å². The minimum Gasteiger partial charge on any atom is -0.497 e. The molecule has 1 aromatic carbocycles. The second kappa shape index (κ2) is 6.67. The maximum atomic E-state index is 5.17. The predicted molar refractivity (Wildman–Crippen MR) is 69.8 cm³/mol. The molecule has 0 radical (unpaired) electrons. The lowest BCUT2D eigenvalue weighted by atomic mass is 10.1. The van der Waals surface area contributed by atoms with Crippen LogP contribution >= 0.6 is 0 Å². The van der Waals surface area contributed by atoms with Gasteiger partial charge in [-0.25, -0.2) is 0 Å². The first kappa shape index (κ1) is 12.3. The zero-order valence-electron chi connectivity index (χ0n) is 9.94. The highest BCUT2D eigenvalue weighted by Crippen LogP contribution is 2.13. The van der Waals surface area contributed by atoms with Gasteiger partial charge in [0.25, 0.3) is 0 Å². The smallest absolute Gasteiger partial charge is 0.119 e. The van der Waals surface area contributed by atoms with Crippen LogP contribution < -0.4 is 4.74 Å². The standard InChI is InChI=1S/C15H18O/c1-4-7-13(2)8-5-9-14-10-6-11-15(12-14)16-3/h4-8,10-12H,1,9H2,2-3H3/b8-5-,13-7-. The van der Waals surface area contributed by atoms with Crippen molar-refractivity contribution in [2.24, 2.45) is 0 Å². The Morgan fingerprint density at radius 3 is 2.94 bits per heavy atom. The lowest BCUT2D eigenvalue weighted by Gasteiger charge is -2.01. The summed E-state index contributed by atoms with van der Waals surface area (Å²) in [6, 6.07) is 8.11. The van der Waals surface area contributed by atoms with E-state index in [1.807, 2.05) is 18.2 Å². The molecule has 0 amide bonds. The SMILES string of the molecule is C=C/C=C(C)\C=C/Cc1cccc(OC)c1. The molecule has 1 heteroatoms. The van der Waals surface area contributed by atoms with Crippen molar-refractivity contribution in [3.8, 4) is 5.75 Å². The fraction of sp³-hybridized carbons (Fsp3) is 0.200. The topological polar surface area (TPSA) is 9.23 Å². The summed E-state index contributed by atoms with van der Waals surface area (Å²) in [6.45, 7) is 5.72. The molecule has 84 valence electrons. The van der Waals surface area contributed by atoms with Crippen molar-refractivity contribution in [1.82, 2.24) is 0 Å². The van der Waals surface area contributed by atoms with Gasteiger partial charge in [0.15, 0.2) is 0 Å². The molecule has 0 unspecified atom stereocenters. The zero-order valence-corrected chi connectivity index (χ0v) is 9.94. The van der Waals surface area contributed by atoms with E-state index in [2.05, 4.69) is 37.8 Å². The molecule has 0 N–H and O–H groups in total. The maximum absolute atomic E-state index is 5.17. The van der Waals surface area contributed by atoms with Gasteiger partial charge in [-0.15, -0.1) is 0 Å². The number of ether oxygens (including phenoxy) is 1. The van der Waals surface area contributed by atoms with Crippen LogP contribution in [0.25, 0.3) is 0 Å². The van der Waals surface area contributed by atoms with Gasteiger partial charge in [0.05, 0.1) is 7.11 Å². The molecule has 0 aliphatic rings. The zero-order chi connectivity index (χ0) is 11.8. The van der Waals surface area contributed by atoms with Gasteiger partial charge in [-0.1, -0.05) is 48.6 Å². The lowest BCUT2D eigenvalue weighted by molar-refractivity contribution is 0.414. The van der Waals surface area contributed by atoms with E-state index in [1.165, 1.54) is 11.1 Å². The average Bonchev–Trinajstić information content (AvgIpc) is 2.30. The predicted octanol–water partition coefficient (Wildman–Crippen LogP) is 3.93. The Balaban J connectivity index is 2.60. The van der Waals surface area contributed by atoms with E-state index in [4.69, 9.17) is 4.74 Å². The Bertz CT molecular complexity index is 400. The van der Waals surface area contributed by atoms with Crippen LogP contribution in [0, 0.1) is 0 Å². The number of hydrogen-bond acceptors (Lipinski definition) is 1. The van der Waals surface area contributed by atoms with Crippen molar-refractivity contribution >= 4 is 0 Å². The van der Waals surface area contributed by atoms with Crippen molar-refractivity contribution in [3.63, 3.8) is 0 Å². The molecule has 0 heterocycles. The minimum atomic E-state index is 0.907. The van der Waals surface area contributed by atoms with Gasteiger partial charge in [0.2, 0.25) is 0 Å². The van der Waals surface area contributed by atoms with E-state index in [0.29, 0.717) is 0 Å². The van der Waals surface area contributed by atoms with E-state index in [9.17, 15) is 0 Å². The largest absolute Gasteiger partial charge is 0.497 e. The summed E-state index contributed by atoms with van der Waals surface area (Å²) in [7, 11) is 1.69. The Labute approximate surface area is 97.8 Å². The molecular formula is C15H18O. The second-order valence-electron chi connectivity index (χ2n) is 3.60. The molecule has 1 rings (SSSR count). The van der Waals surface area contributed by atoms with Gasteiger partial charge in [-0.05, 0) is 31.0 Å². The van der Waals surface area contributed by atoms with Crippen LogP contribution in [0.2, 0.25) is 0 Å². The Kier molecular flexibility index (Phi) is 5.13. The van der Waals surface area contributed by atoms with Crippen LogP contribution in [-0.4, -0.2) is 7.11 Å². The van der Waals surface area contributed by atoms with Crippen molar-refractivity contribution < 1.29 is 4.74 Å². The molecule has 0 fully saturated rings. The van der Waals surface area contributed by atoms with Gasteiger partial charge < -0.3 is 4.74 Å². The van der Waals surface area contributed by atoms with Crippen LogP contribution in [0.3, 0.4) is 0 Å². The van der Waals surface area contributed by atoms with Gasteiger partial charge in [-0.3, -0.25) is 0 Å². The molecular weight excluding hydrogens is 196 g/mol. The summed E-state index contributed by atoms with van der Waals surface area (Å²) >= 11 is 0. The second-order valence-corrected chi connectivity index (χ2v) is 3.60. The fourth-order valence-corrected chi connectivity index (χ4v) is 1.42. The van der Waals surface area contributed by atoms with Crippen LogP contribution in [0.1, 0.15) is 12.5 Å². The Morgan fingerprint density at radius 2 is 2.25 bits per heavy atom. The van der Waals surface area contributed by atoms with Crippen LogP contribution in [0.4, 0.5) is 0 Å². The fourth-order valence-electron chi connectivity index (χ4n) is 1.42. The third-order valence-corrected chi connectivity index (χ3v) is 2.25. The van der Waals surface area contributed by atoms with Gasteiger partial charge >= 0.3 is 0 Å². The van der Waals surface area contributed by atoms with E-state index < -0.39 is 0 Å². The van der Waals surface area contributed by atoms with Gasteiger partial charge in [-0.2, -0.15) is 0 Å². The van der Waals surface area contributed by atoms with Crippen molar-refractivity contribution in [2.75, 3.05) is 7.11 Å². The first-order valence-corrected chi connectivity index (χ1v) is 5.35. The highest BCUT2D eigenvalue weighted by molar-refractivity contribution is 5.30. The Hall–Kier alpha value is -1.76. The molecule has 0 saturated carbocycles. The first-order chi connectivity index (χ1) is 7.76.